The standard InChI is InChI=1S/C23H22N4O4/c1-3-15-6-4-5-7-19(15)22(29)27-26-21(28)16-8-10-17(11-9-16)31-18-12-13-25-20(14-18)23(30)24-2/h4-14H,3H2,1-2H3,(H,24,30)(H,26,28)(H,27,29). The molecule has 0 aliphatic carbocycles. The highest BCUT2D eigenvalue weighted by Crippen LogP contribution is 2.22. The molecule has 3 aromatic rings. The maximum Gasteiger partial charge on any atom is 0.269 e. The number of ether oxygens (including phenoxy) is 1. The van der Waals surface area contributed by atoms with Crippen molar-refractivity contribution in [3.8, 4) is 11.5 Å². The lowest BCUT2D eigenvalue weighted by Crippen LogP contribution is -2.41. The second kappa shape index (κ2) is 10.0. The van der Waals surface area contributed by atoms with Crippen LogP contribution in [0.4, 0.5) is 0 Å². The van der Waals surface area contributed by atoms with Crippen LogP contribution >= 0.6 is 0 Å². The van der Waals surface area contributed by atoms with Gasteiger partial charge in [0.1, 0.15) is 17.2 Å². The smallest absolute Gasteiger partial charge is 0.269 e. The molecule has 158 valence electrons. The number of amides is 3. The maximum absolute atomic E-state index is 12.3. The molecule has 1 aromatic heterocycles. The van der Waals surface area contributed by atoms with Crippen LogP contribution in [0, 0.1) is 0 Å². The van der Waals surface area contributed by atoms with Crippen molar-refractivity contribution in [2.24, 2.45) is 0 Å². The highest BCUT2D eigenvalue weighted by atomic mass is 16.5. The minimum atomic E-state index is -0.459. The van der Waals surface area contributed by atoms with E-state index in [4.69, 9.17) is 4.74 Å². The van der Waals surface area contributed by atoms with Crippen molar-refractivity contribution < 1.29 is 19.1 Å². The van der Waals surface area contributed by atoms with Gasteiger partial charge in [0.05, 0.1) is 0 Å². The van der Waals surface area contributed by atoms with Gasteiger partial charge in [0, 0.05) is 30.4 Å². The monoisotopic (exact) mass is 418 g/mol. The van der Waals surface area contributed by atoms with Gasteiger partial charge in [-0.3, -0.25) is 30.2 Å². The molecule has 0 saturated heterocycles. The van der Waals surface area contributed by atoms with Crippen molar-refractivity contribution in [1.29, 1.82) is 0 Å². The summed E-state index contributed by atoms with van der Waals surface area (Å²) in [5.74, 6) is -0.240. The van der Waals surface area contributed by atoms with Gasteiger partial charge in [-0.1, -0.05) is 25.1 Å². The van der Waals surface area contributed by atoms with Gasteiger partial charge in [0.2, 0.25) is 0 Å². The molecule has 1 heterocycles. The number of benzene rings is 2. The Kier molecular flexibility index (Phi) is 6.95. The van der Waals surface area contributed by atoms with Crippen molar-refractivity contribution in [3.63, 3.8) is 0 Å². The summed E-state index contributed by atoms with van der Waals surface area (Å²) in [6, 6.07) is 16.7. The highest BCUT2D eigenvalue weighted by molar-refractivity contribution is 5.99. The molecule has 0 bridgehead atoms. The maximum atomic E-state index is 12.3. The fraction of sp³-hybridized carbons (Fsp3) is 0.130. The second-order valence-corrected chi connectivity index (χ2v) is 6.50. The van der Waals surface area contributed by atoms with E-state index >= 15 is 0 Å². The van der Waals surface area contributed by atoms with Crippen molar-refractivity contribution in [1.82, 2.24) is 21.2 Å². The first-order valence-electron chi connectivity index (χ1n) is 9.66. The summed E-state index contributed by atoms with van der Waals surface area (Å²) in [5, 5.41) is 2.50. The van der Waals surface area contributed by atoms with E-state index in [1.54, 1.807) is 42.5 Å². The van der Waals surface area contributed by atoms with Crippen LogP contribution < -0.4 is 20.9 Å². The zero-order valence-corrected chi connectivity index (χ0v) is 17.1. The number of aryl methyl sites for hydroxylation is 1. The van der Waals surface area contributed by atoms with Crippen molar-refractivity contribution >= 4 is 17.7 Å². The van der Waals surface area contributed by atoms with E-state index in [9.17, 15) is 14.4 Å². The summed E-state index contributed by atoms with van der Waals surface area (Å²) in [6.45, 7) is 1.96. The third-order valence-corrected chi connectivity index (χ3v) is 4.48. The van der Waals surface area contributed by atoms with Crippen molar-refractivity contribution in [2.75, 3.05) is 7.05 Å². The Bertz CT molecular complexity index is 1100. The lowest BCUT2D eigenvalue weighted by molar-refractivity contribution is 0.0846. The lowest BCUT2D eigenvalue weighted by atomic mass is 10.1. The van der Waals surface area contributed by atoms with Crippen LogP contribution in [0.25, 0.3) is 0 Å². The number of carbonyl (C=O) groups excluding carboxylic acids is 3. The molecule has 3 amide bonds. The largest absolute Gasteiger partial charge is 0.457 e. The van der Waals surface area contributed by atoms with Gasteiger partial charge in [0.25, 0.3) is 17.7 Å². The van der Waals surface area contributed by atoms with Gasteiger partial charge in [-0.15, -0.1) is 0 Å². The quantitative estimate of drug-likeness (QED) is 0.534. The Hall–Kier alpha value is -4.20. The molecule has 3 N–H and O–H groups in total. The topological polar surface area (TPSA) is 109 Å². The Morgan fingerprint density at radius 3 is 2.29 bits per heavy atom. The van der Waals surface area contributed by atoms with E-state index in [1.807, 2.05) is 19.1 Å². The van der Waals surface area contributed by atoms with Crippen LogP contribution in [0.15, 0.2) is 66.9 Å². The summed E-state index contributed by atoms with van der Waals surface area (Å²) >= 11 is 0. The Morgan fingerprint density at radius 2 is 1.58 bits per heavy atom. The number of hydrogen-bond acceptors (Lipinski definition) is 5. The minimum absolute atomic E-state index is 0.233. The summed E-state index contributed by atoms with van der Waals surface area (Å²) in [7, 11) is 1.52. The van der Waals surface area contributed by atoms with E-state index in [0.717, 1.165) is 5.56 Å². The van der Waals surface area contributed by atoms with Gasteiger partial charge in [-0.05, 0) is 48.4 Å². The molecule has 0 aliphatic heterocycles. The fourth-order valence-electron chi connectivity index (χ4n) is 2.84. The van der Waals surface area contributed by atoms with E-state index in [-0.39, 0.29) is 17.5 Å². The molecule has 0 radical (unpaired) electrons. The average Bonchev–Trinajstić information content (AvgIpc) is 2.82. The molecule has 8 nitrogen and oxygen atoms in total. The molecule has 31 heavy (non-hydrogen) atoms. The molecule has 2 aromatic carbocycles. The Morgan fingerprint density at radius 1 is 0.871 bits per heavy atom. The van der Waals surface area contributed by atoms with Crippen molar-refractivity contribution in [2.45, 2.75) is 13.3 Å². The number of nitrogens with one attached hydrogen (secondary N) is 3. The number of hydrogen-bond donors (Lipinski definition) is 3. The normalized spacial score (nSPS) is 10.1. The molecule has 0 atom stereocenters. The lowest BCUT2D eigenvalue weighted by Gasteiger charge is -2.11. The summed E-state index contributed by atoms with van der Waals surface area (Å²) in [4.78, 5) is 40.3. The summed E-state index contributed by atoms with van der Waals surface area (Å²) in [5.41, 5.74) is 6.83. The van der Waals surface area contributed by atoms with Gasteiger partial charge in [0.15, 0.2) is 0 Å². The van der Waals surface area contributed by atoms with Crippen molar-refractivity contribution in [3.05, 3.63) is 89.2 Å². The van der Waals surface area contributed by atoms with Crippen LogP contribution in [-0.4, -0.2) is 29.8 Å². The van der Waals surface area contributed by atoms with Crippen LogP contribution in [-0.2, 0) is 6.42 Å². The number of aromatic nitrogens is 1. The van der Waals surface area contributed by atoms with E-state index in [2.05, 4.69) is 21.2 Å². The Labute approximate surface area is 179 Å². The van der Waals surface area contributed by atoms with Gasteiger partial charge >= 0.3 is 0 Å². The molecule has 3 rings (SSSR count). The highest BCUT2D eigenvalue weighted by Gasteiger charge is 2.12. The van der Waals surface area contributed by atoms with Crippen LogP contribution in [0.5, 0.6) is 11.5 Å². The predicted octanol–water partition coefficient (Wildman–Crippen LogP) is 2.87. The molecule has 8 heteroatoms. The van der Waals surface area contributed by atoms with Crippen LogP contribution in [0.3, 0.4) is 0 Å². The first-order valence-corrected chi connectivity index (χ1v) is 9.66. The molecule has 0 fully saturated rings. The summed E-state index contributed by atoms with van der Waals surface area (Å²) in [6.07, 6.45) is 2.18. The molecule has 0 unspecified atom stereocenters. The van der Waals surface area contributed by atoms with Gasteiger partial charge in [-0.2, -0.15) is 0 Å². The Balaban J connectivity index is 1.60. The van der Waals surface area contributed by atoms with Crippen LogP contribution in [0.1, 0.15) is 43.7 Å². The van der Waals surface area contributed by atoms with Gasteiger partial charge in [-0.25, -0.2) is 0 Å². The number of pyridine rings is 1. The minimum Gasteiger partial charge on any atom is -0.457 e. The molecule has 0 aliphatic rings. The average molecular weight is 418 g/mol. The molecule has 0 saturated carbocycles. The number of rotatable bonds is 6. The van der Waals surface area contributed by atoms with E-state index in [0.29, 0.717) is 29.0 Å². The molecular weight excluding hydrogens is 396 g/mol. The fourth-order valence-corrected chi connectivity index (χ4v) is 2.84. The predicted molar refractivity (Wildman–Crippen MR) is 115 cm³/mol. The SMILES string of the molecule is CCc1ccccc1C(=O)NNC(=O)c1ccc(Oc2ccnc(C(=O)NC)c2)cc1. The number of nitrogens with zero attached hydrogens (tertiary/aromatic N) is 1. The molecular formula is C23H22N4O4. The zero-order valence-electron chi connectivity index (χ0n) is 17.1. The molecule has 0 spiro atoms. The zero-order chi connectivity index (χ0) is 22.2. The second-order valence-electron chi connectivity index (χ2n) is 6.50. The first kappa shape index (κ1) is 21.5. The number of hydrazine groups is 1. The van der Waals surface area contributed by atoms with E-state index < -0.39 is 5.91 Å². The van der Waals surface area contributed by atoms with Crippen LogP contribution in [0.2, 0.25) is 0 Å². The van der Waals surface area contributed by atoms with Gasteiger partial charge < -0.3 is 10.1 Å². The third-order valence-electron chi connectivity index (χ3n) is 4.48. The van der Waals surface area contributed by atoms with E-state index in [1.165, 1.54) is 19.3 Å². The number of carbonyl (C=O) groups is 3. The first-order chi connectivity index (χ1) is 15.0. The third kappa shape index (κ3) is 5.45. The summed E-state index contributed by atoms with van der Waals surface area (Å²) < 4.78 is 5.71.